The average molecular weight is 768 g/mol. The van der Waals surface area contributed by atoms with Crippen LogP contribution >= 0.6 is 0 Å². The van der Waals surface area contributed by atoms with Crippen LogP contribution in [0.1, 0.15) is 47.8 Å². The molecule has 1 aliphatic carbocycles. The second-order valence-electron chi connectivity index (χ2n) is 12.6. The number of aliphatic hydroxyl groups is 1. The molecular weight excluding hydrogens is 720 g/mol. The minimum Gasteiger partial charge on any atom is -0.490 e. The lowest BCUT2D eigenvalue weighted by Crippen LogP contribution is -2.51. The Hall–Kier alpha value is -4.61. The fourth-order valence-corrected chi connectivity index (χ4v) is 5.92. The summed E-state index contributed by atoms with van der Waals surface area (Å²) in [5.41, 5.74) is 2.43. The van der Waals surface area contributed by atoms with Crippen LogP contribution in [0.4, 0.5) is 8.78 Å². The molecular formula is C40H47F2N3O10. The molecule has 15 heteroatoms. The van der Waals surface area contributed by atoms with Gasteiger partial charge in [0.1, 0.15) is 17.9 Å². The number of ketones is 1. The van der Waals surface area contributed by atoms with E-state index in [0.717, 1.165) is 23.6 Å². The van der Waals surface area contributed by atoms with Crippen molar-refractivity contribution in [2.24, 2.45) is 0 Å². The van der Waals surface area contributed by atoms with Crippen LogP contribution in [0.3, 0.4) is 0 Å². The number of rotatable bonds is 24. The lowest BCUT2D eigenvalue weighted by atomic mass is 10.00. The second kappa shape index (κ2) is 22.1. The molecule has 0 saturated carbocycles. The van der Waals surface area contributed by atoms with Gasteiger partial charge in [-0.3, -0.25) is 14.4 Å². The summed E-state index contributed by atoms with van der Waals surface area (Å²) in [5, 5.41) is 17.8. The summed E-state index contributed by atoms with van der Waals surface area (Å²) in [7, 11) is 0. The molecule has 1 fully saturated rings. The highest BCUT2D eigenvalue weighted by atomic mass is 19.2. The lowest BCUT2D eigenvalue weighted by molar-refractivity contribution is -0.0146. The third-order valence-electron chi connectivity index (χ3n) is 8.79. The number of benzene rings is 3. The summed E-state index contributed by atoms with van der Waals surface area (Å²) < 4.78 is 61.6. The van der Waals surface area contributed by atoms with Crippen molar-refractivity contribution < 1.29 is 56.7 Å². The molecule has 0 bridgehead atoms. The molecule has 1 aliphatic heterocycles. The molecule has 2 atom stereocenters. The van der Waals surface area contributed by atoms with Gasteiger partial charge >= 0.3 is 0 Å². The van der Waals surface area contributed by atoms with Crippen molar-refractivity contribution in [3.63, 3.8) is 0 Å². The van der Waals surface area contributed by atoms with E-state index < -0.39 is 34.9 Å². The summed E-state index contributed by atoms with van der Waals surface area (Å²) >= 11 is 0. The van der Waals surface area contributed by atoms with E-state index in [-0.39, 0.29) is 61.9 Å². The molecule has 3 aromatic carbocycles. The van der Waals surface area contributed by atoms with Crippen LogP contribution in [0.2, 0.25) is 0 Å². The molecule has 13 nitrogen and oxygen atoms in total. The smallest absolute Gasteiger partial charge is 0.251 e. The zero-order chi connectivity index (χ0) is 38.8. The summed E-state index contributed by atoms with van der Waals surface area (Å²) in [6.45, 7) is 4.19. The quantitative estimate of drug-likeness (QED) is 0.0784. The molecule has 5 rings (SSSR count). The zero-order valence-corrected chi connectivity index (χ0v) is 30.5. The number of ether oxygens (including phenoxy) is 6. The van der Waals surface area contributed by atoms with Crippen molar-refractivity contribution in [3.8, 4) is 5.75 Å². The molecule has 2 aliphatic rings. The predicted octanol–water partition coefficient (Wildman–Crippen LogP) is 2.72. The van der Waals surface area contributed by atoms with Crippen molar-refractivity contribution >= 4 is 23.7 Å². The van der Waals surface area contributed by atoms with E-state index in [2.05, 4.69) is 16.0 Å². The Labute approximate surface area is 318 Å². The van der Waals surface area contributed by atoms with Crippen molar-refractivity contribution in [2.45, 2.75) is 18.5 Å². The fourth-order valence-electron chi connectivity index (χ4n) is 5.92. The number of allylic oxidation sites excluding steroid dienone is 1. The van der Waals surface area contributed by atoms with E-state index in [4.69, 9.17) is 33.5 Å². The zero-order valence-electron chi connectivity index (χ0n) is 30.5. The predicted molar refractivity (Wildman–Crippen MR) is 197 cm³/mol. The van der Waals surface area contributed by atoms with Crippen molar-refractivity contribution in [1.29, 1.82) is 0 Å². The van der Waals surface area contributed by atoms with Gasteiger partial charge in [0.05, 0.1) is 84.8 Å². The van der Waals surface area contributed by atoms with E-state index in [1.54, 1.807) is 6.07 Å². The minimum atomic E-state index is -1.35. The molecule has 55 heavy (non-hydrogen) atoms. The number of nitrogens with one attached hydrogen (secondary N) is 3. The van der Waals surface area contributed by atoms with E-state index in [1.165, 1.54) is 30.3 Å². The average Bonchev–Trinajstić information content (AvgIpc) is 3.86. The number of hydrogen-bond acceptors (Lipinski definition) is 11. The van der Waals surface area contributed by atoms with Gasteiger partial charge in [-0.2, -0.15) is 0 Å². The van der Waals surface area contributed by atoms with Gasteiger partial charge in [-0.25, -0.2) is 8.78 Å². The Morgan fingerprint density at radius 1 is 0.673 bits per heavy atom. The van der Waals surface area contributed by atoms with Crippen LogP contribution in [-0.2, 0) is 30.1 Å². The van der Waals surface area contributed by atoms with Crippen LogP contribution in [0.15, 0.2) is 60.7 Å². The lowest BCUT2D eigenvalue weighted by Gasteiger charge is -2.21. The van der Waals surface area contributed by atoms with Crippen LogP contribution in [-0.4, -0.2) is 127 Å². The number of halogens is 2. The Kier molecular flexibility index (Phi) is 16.7. The van der Waals surface area contributed by atoms with Gasteiger partial charge in [0.2, 0.25) is 0 Å². The topological polar surface area (TPSA) is 163 Å². The van der Waals surface area contributed by atoms with E-state index in [9.17, 15) is 23.2 Å². The van der Waals surface area contributed by atoms with Gasteiger partial charge < -0.3 is 49.5 Å². The maximum absolute atomic E-state index is 15.0. The van der Waals surface area contributed by atoms with Gasteiger partial charge in [-0.05, 0) is 53.9 Å². The van der Waals surface area contributed by atoms with Gasteiger partial charge in [0.25, 0.3) is 11.8 Å². The van der Waals surface area contributed by atoms with E-state index in [0.29, 0.717) is 64.9 Å². The van der Waals surface area contributed by atoms with Crippen LogP contribution in [0.5, 0.6) is 5.75 Å². The first kappa shape index (κ1) is 41.6. The number of hydrogen-bond donors (Lipinski definition) is 4. The number of carbonyl (C=O) groups is 3. The molecule has 1 heterocycles. The molecule has 0 unspecified atom stereocenters. The number of aliphatic hydroxyl groups excluding tert-OH is 1. The van der Waals surface area contributed by atoms with Gasteiger partial charge in [0, 0.05) is 29.8 Å². The number of fused-ring (bicyclic) bond motifs is 1. The molecule has 0 radical (unpaired) electrons. The molecule has 1 saturated heterocycles. The van der Waals surface area contributed by atoms with Crippen molar-refractivity contribution in [1.82, 2.24) is 16.0 Å². The first-order chi connectivity index (χ1) is 26.9. The molecule has 4 N–H and O–H groups in total. The Balaban J connectivity index is 1.02. The highest BCUT2D eigenvalue weighted by Crippen LogP contribution is 2.27. The van der Waals surface area contributed by atoms with Crippen LogP contribution in [0, 0.1) is 11.6 Å². The van der Waals surface area contributed by atoms with Gasteiger partial charge in [-0.1, -0.05) is 30.4 Å². The highest BCUT2D eigenvalue weighted by molar-refractivity contribution is 6.11. The Bertz CT molecular complexity index is 1760. The summed E-state index contributed by atoms with van der Waals surface area (Å²) in [6, 6.07) is 12.5. The summed E-state index contributed by atoms with van der Waals surface area (Å²) in [4.78, 5) is 39.5. The first-order valence-corrected chi connectivity index (χ1v) is 18.2. The summed E-state index contributed by atoms with van der Waals surface area (Å²) in [6.07, 6.45) is 4.86. The van der Waals surface area contributed by atoms with Crippen LogP contribution in [0.25, 0.3) is 6.08 Å². The third kappa shape index (κ3) is 12.4. The normalized spacial score (nSPS) is 15.9. The van der Waals surface area contributed by atoms with Crippen molar-refractivity contribution in [2.75, 3.05) is 92.4 Å². The molecule has 3 aromatic rings. The maximum Gasteiger partial charge on any atom is 0.251 e. The number of amides is 2. The highest BCUT2D eigenvalue weighted by Gasteiger charge is 2.31. The SMILES string of the molecule is O=C(N[C@@H]1CNC[C@H]1NC(=O)c1ccc2c(c1)CC=C2)c1ccc(C(=O)c2c(OCCOCCOCCOCCOCCOCCO)ccc(F)c2F)cc1. The molecule has 0 aromatic heterocycles. The van der Waals surface area contributed by atoms with Gasteiger partial charge in [-0.15, -0.1) is 0 Å². The monoisotopic (exact) mass is 767 g/mol. The third-order valence-corrected chi connectivity index (χ3v) is 8.79. The molecule has 2 amide bonds. The van der Waals surface area contributed by atoms with Gasteiger partial charge in [0.15, 0.2) is 17.4 Å². The standard InChI is InChI=1S/C40H47F2N3O10/c41-32-10-11-35(55-23-22-54-21-20-53-19-18-52-17-16-51-15-14-50-13-12-46)36(37(32)42)38(47)28-5-7-29(8-6-28)39(48)44-33-25-43-26-34(33)45-40(49)31-9-4-27-2-1-3-30(27)24-31/h1-2,4-11,24,33-34,43,46H,3,12-23,25-26H2,(H,44,48)(H,45,49)/t33-,34-/m1/s1. The fraction of sp³-hybridized carbons (Fsp3) is 0.425. The second-order valence-corrected chi connectivity index (χ2v) is 12.6. The Morgan fingerprint density at radius 2 is 1.20 bits per heavy atom. The van der Waals surface area contributed by atoms with Crippen molar-refractivity contribution in [3.05, 3.63) is 106 Å². The first-order valence-electron chi connectivity index (χ1n) is 18.2. The molecule has 0 spiro atoms. The Morgan fingerprint density at radius 3 is 1.80 bits per heavy atom. The van der Waals surface area contributed by atoms with E-state index >= 15 is 0 Å². The largest absolute Gasteiger partial charge is 0.490 e. The maximum atomic E-state index is 15.0. The number of carbonyl (C=O) groups excluding carboxylic acids is 3. The molecule has 296 valence electrons. The van der Waals surface area contributed by atoms with E-state index in [1.807, 2.05) is 24.3 Å². The van der Waals surface area contributed by atoms with Crippen LogP contribution < -0.4 is 20.7 Å². The summed E-state index contributed by atoms with van der Waals surface area (Å²) in [5.74, 6) is -4.18. The minimum absolute atomic E-state index is 0.0212.